The molecule has 4 nitrogen and oxygen atoms in total. The number of phenolic OH excluding ortho intramolecular Hbond substituents is 1. The van der Waals surface area contributed by atoms with Crippen LogP contribution in [0.3, 0.4) is 0 Å². The van der Waals surface area contributed by atoms with E-state index in [1.807, 2.05) is 20.8 Å². The molecule has 1 amide bonds. The first-order valence-electron chi connectivity index (χ1n) is 6.21. The summed E-state index contributed by atoms with van der Waals surface area (Å²) in [6.07, 6.45) is 0.105. The summed E-state index contributed by atoms with van der Waals surface area (Å²) in [7, 11) is 0. The molecule has 1 aromatic carbocycles. The van der Waals surface area contributed by atoms with Gasteiger partial charge in [0, 0.05) is 18.7 Å². The highest BCUT2D eigenvalue weighted by atomic mass is 16.5. The minimum atomic E-state index is -0.0488. The first kappa shape index (κ1) is 12.9. The third-order valence-electron chi connectivity index (χ3n) is 3.16. The molecule has 0 unspecified atom stereocenters. The van der Waals surface area contributed by atoms with Gasteiger partial charge in [0.1, 0.15) is 5.75 Å². The highest BCUT2D eigenvalue weighted by Gasteiger charge is 2.26. The molecule has 1 N–H and O–H groups in total. The van der Waals surface area contributed by atoms with E-state index < -0.39 is 0 Å². The van der Waals surface area contributed by atoms with Crippen molar-refractivity contribution < 1.29 is 14.6 Å². The molecule has 4 heteroatoms. The van der Waals surface area contributed by atoms with Crippen molar-refractivity contribution in [2.45, 2.75) is 33.0 Å². The van der Waals surface area contributed by atoms with Crippen molar-refractivity contribution in [3.63, 3.8) is 0 Å². The summed E-state index contributed by atoms with van der Waals surface area (Å²) in [4.78, 5) is 14.1. The molecule has 0 radical (unpaired) electrons. The van der Waals surface area contributed by atoms with Gasteiger partial charge in [0.2, 0.25) is 0 Å². The number of carbonyl (C=O) groups is 1. The molecule has 0 bridgehead atoms. The quantitative estimate of drug-likeness (QED) is 0.827. The molecule has 1 aliphatic heterocycles. The van der Waals surface area contributed by atoms with Crippen molar-refractivity contribution >= 4 is 5.91 Å². The van der Waals surface area contributed by atoms with Crippen molar-refractivity contribution in [3.05, 3.63) is 29.3 Å². The highest BCUT2D eigenvalue weighted by molar-refractivity contribution is 5.94. The van der Waals surface area contributed by atoms with Crippen LogP contribution in [0.4, 0.5) is 0 Å². The number of morpholine rings is 1. The smallest absolute Gasteiger partial charge is 0.254 e. The van der Waals surface area contributed by atoms with Gasteiger partial charge < -0.3 is 14.7 Å². The van der Waals surface area contributed by atoms with Crippen molar-refractivity contribution in [2.24, 2.45) is 0 Å². The number of phenols is 1. The van der Waals surface area contributed by atoms with Gasteiger partial charge in [0.25, 0.3) is 5.91 Å². The first-order chi connectivity index (χ1) is 8.47. The van der Waals surface area contributed by atoms with Gasteiger partial charge in [0.05, 0.1) is 12.2 Å². The first-order valence-corrected chi connectivity index (χ1v) is 6.21. The fourth-order valence-corrected chi connectivity index (χ4v) is 2.27. The number of benzene rings is 1. The Labute approximate surface area is 107 Å². The monoisotopic (exact) mass is 249 g/mol. The maximum Gasteiger partial charge on any atom is 0.254 e. The zero-order chi connectivity index (χ0) is 13.3. The van der Waals surface area contributed by atoms with Crippen LogP contribution in [0.2, 0.25) is 0 Å². The highest BCUT2D eigenvalue weighted by Crippen LogP contribution is 2.20. The minimum Gasteiger partial charge on any atom is -0.508 e. The van der Waals surface area contributed by atoms with Crippen molar-refractivity contribution in [1.29, 1.82) is 0 Å². The maximum absolute atomic E-state index is 12.3. The topological polar surface area (TPSA) is 49.8 Å². The molecule has 0 aromatic heterocycles. The molecule has 2 atom stereocenters. The lowest BCUT2D eigenvalue weighted by Crippen LogP contribution is -2.48. The maximum atomic E-state index is 12.3. The summed E-state index contributed by atoms with van der Waals surface area (Å²) < 4.78 is 5.60. The normalized spacial score (nSPS) is 24.1. The standard InChI is InChI=1S/C14H19NO3/c1-9-4-5-12(6-13(9)16)14(17)15-7-10(2)18-11(3)8-15/h4-6,10-11,16H,7-8H2,1-3H3/t10-,11+. The van der Waals surface area contributed by atoms with Crippen LogP contribution in [0, 0.1) is 6.92 Å². The molecule has 1 heterocycles. The number of aromatic hydroxyl groups is 1. The van der Waals surface area contributed by atoms with Crippen LogP contribution in [-0.2, 0) is 4.74 Å². The lowest BCUT2D eigenvalue weighted by molar-refractivity contribution is -0.0586. The number of carbonyl (C=O) groups excluding carboxylic acids is 1. The van der Waals surface area contributed by atoms with Gasteiger partial charge in [0.15, 0.2) is 0 Å². The molecule has 1 fully saturated rings. The SMILES string of the molecule is Cc1ccc(C(=O)N2C[C@@H](C)O[C@@H](C)C2)cc1O. The van der Waals surface area contributed by atoms with E-state index in [2.05, 4.69) is 0 Å². The Kier molecular flexibility index (Phi) is 3.57. The van der Waals surface area contributed by atoms with Crippen LogP contribution in [0.15, 0.2) is 18.2 Å². The number of hydrogen-bond acceptors (Lipinski definition) is 3. The summed E-state index contributed by atoms with van der Waals surface area (Å²) in [6.45, 7) is 6.92. The van der Waals surface area contributed by atoms with Crippen LogP contribution in [0.5, 0.6) is 5.75 Å². The third-order valence-corrected chi connectivity index (χ3v) is 3.16. The van der Waals surface area contributed by atoms with E-state index in [0.717, 1.165) is 5.56 Å². The molecule has 0 saturated carbocycles. The average molecular weight is 249 g/mol. The molecule has 0 aliphatic carbocycles. The molecule has 2 rings (SSSR count). The third kappa shape index (κ3) is 2.64. The zero-order valence-corrected chi connectivity index (χ0v) is 11.0. The van der Waals surface area contributed by atoms with Crippen LogP contribution in [0.1, 0.15) is 29.8 Å². The van der Waals surface area contributed by atoms with E-state index in [1.54, 1.807) is 17.0 Å². The van der Waals surface area contributed by atoms with Gasteiger partial charge in [-0.25, -0.2) is 0 Å². The number of hydrogen-bond donors (Lipinski definition) is 1. The van der Waals surface area contributed by atoms with E-state index in [4.69, 9.17) is 4.74 Å². The molecular formula is C14H19NO3. The number of rotatable bonds is 1. The van der Waals surface area contributed by atoms with Gasteiger partial charge >= 0.3 is 0 Å². The molecule has 1 saturated heterocycles. The fraction of sp³-hybridized carbons (Fsp3) is 0.500. The summed E-state index contributed by atoms with van der Waals surface area (Å²) in [6, 6.07) is 5.04. The van der Waals surface area contributed by atoms with Gasteiger partial charge in [-0.2, -0.15) is 0 Å². The second-order valence-electron chi connectivity index (χ2n) is 4.97. The largest absolute Gasteiger partial charge is 0.508 e. The van der Waals surface area contributed by atoms with Crippen molar-refractivity contribution in [1.82, 2.24) is 4.90 Å². The number of amides is 1. The van der Waals surface area contributed by atoms with E-state index in [0.29, 0.717) is 18.7 Å². The lowest BCUT2D eigenvalue weighted by Gasteiger charge is -2.35. The van der Waals surface area contributed by atoms with Gasteiger partial charge in [-0.05, 0) is 38.5 Å². The van der Waals surface area contributed by atoms with Crippen LogP contribution in [-0.4, -0.2) is 41.2 Å². The van der Waals surface area contributed by atoms with Crippen molar-refractivity contribution in [2.75, 3.05) is 13.1 Å². The van der Waals surface area contributed by atoms with E-state index >= 15 is 0 Å². The Morgan fingerprint density at radius 3 is 2.50 bits per heavy atom. The van der Waals surface area contributed by atoms with Gasteiger partial charge in [-0.15, -0.1) is 0 Å². The summed E-state index contributed by atoms with van der Waals surface area (Å²) in [5.74, 6) is 0.113. The fourth-order valence-electron chi connectivity index (χ4n) is 2.27. The predicted molar refractivity (Wildman–Crippen MR) is 68.8 cm³/mol. The summed E-state index contributed by atoms with van der Waals surface area (Å²) >= 11 is 0. The molecule has 1 aliphatic rings. The van der Waals surface area contributed by atoms with E-state index in [-0.39, 0.29) is 23.9 Å². The summed E-state index contributed by atoms with van der Waals surface area (Å²) in [5.41, 5.74) is 1.30. The Morgan fingerprint density at radius 1 is 1.33 bits per heavy atom. The molecule has 18 heavy (non-hydrogen) atoms. The predicted octanol–water partition coefficient (Wildman–Crippen LogP) is 1.95. The van der Waals surface area contributed by atoms with Crippen LogP contribution in [0.25, 0.3) is 0 Å². The average Bonchev–Trinajstić information content (AvgIpc) is 2.30. The van der Waals surface area contributed by atoms with Gasteiger partial charge in [-0.1, -0.05) is 6.07 Å². The van der Waals surface area contributed by atoms with E-state index in [1.165, 1.54) is 6.07 Å². The molecular weight excluding hydrogens is 230 g/mol. The zero-order valence-electron chi connectivity index (χ0n) is 11.0. The van der Waals surface area contributed by atoms with Crippen LogP contribution >= 0.6 is 0 Å². The van der Waals surface area contributed by atoms with Crippen molar-refractivity contribution in [3.8, 4) is 5.75 Å². The molecule has 1 aromatic rings. The Bertz CT molecular complexity index is 448. The number of ether oxygens (including phenoxy) is 1. The Balaban J connectivity index is 2.17. The lowest BCUT2D eigenvalue weighted by atomic mass is 10.1. The minimum absolute atomic E-state index is 0.0488. The second kappa shape index (κ2) is 4.98. The second-order valence-corrected chi connectivity index (χ2v) is 4.97. The molecule has 98 valence electrons. The van der Waals surface area contributed by atoms with Crippen LogP contribution < -0.4 is 0 Å². The number of nitrogens with zero attached hydrogens (tertiary/aromatic N) is 1. The Hall–Kier alpha value is -1.55. The Morgan fingerprint density at radius 2 is 1.94 bits per heavy atom. The van der Waals surface area contributed by atoms with Gasteiger partial charge in [-0.3, -0.25) is 4.79 Å². The van der Waals surface area contributed by atoms with E-state index in [9.17, 15) is 9.90 Å². The summed E-state index contributed by atoms with van der Waals surface area (Å²) in [5, 5.41) is 9.66. The number of aryl methyl sites for hydroxylation is 1. The molecule has 0 spiro atoms.